The van der Waals surface area contributed by atoms with Crippen LogP contribution in [0, 0.1) is 11.3 Å². The lowest BCUT2D eigenvalue weighted by Gasteiger charge is -2.18. The van der Waals surface area contributed by atoms with E-state index in [0.29, 0.717) is 23.4 Å². The molecule has 0 atom stereocenters. The van der Waals surface area contributed by atoms with Crippen molar-refractivity contribution < 1.29 is 9.59 Å². The minimum atomic E-state index is -0.576. The average molecular weight is 333 g/mol. The topological polar surface area (TPSA) is 73.2 Å². The maximum Gasteiger partial charge on any atom is 0.255 e. The molecule has 0 saturated carbocycles. The standard InChI is InChI=1S/C20H19N3O2/c1-4-23-17-11-14(7-10-16(17)20(2,3)19(23)25)18(24)22-15-8-5-13(12-21)6-9-15/h5-11H,4H2,1-3H3,(H,22,24). The van der Waals surface area contributed by atoms with Gasteiger partial charge in [-0.05, 0) is 62.7 Å². The molecule has 2 amide bonds. The molecule has 5 heteroatoms. The molecule has 126 valence electrons. The number of nitriles is 1. The molecule has 0 aromatic heterocycles. The molecule has 3 rings (SSSR count). The van der Waals surface area contributed by atoms with E-state index in [1.54, 1.807) is 41.3 Å². The lowest BCUT2D eigenvalue weighted by Crippen LogP contribution is -2.35. The zero-order chi connectivity index (χ0) is 18.2. The Balaban J connectivity index is 1.89. The van der Waals surface area contributed by atoms with Gasteiger partial charge in [0.1, 0.15) is 0 Å². The highest BCUT2D eigenvalue weighted by atomic mass is 16.2. The molecule has 0 saturated heterocycles. The fourth-order valence-electron chi connectivity index (χ4n) is 3.13. The van der Waals surface area contributed by atoms with Crippen LogP contribution in [0.15, 0.2) is 42.5 Å². The summed E-state index contributed by atoms with van der Waals surface area (Å²) < 4.78 is 0. The van der Waals surface area contributed by atoms with E-state index in [0.717, 1.165) is 11.3 Å². The van der Waals surface area contributed by atoms with E-state index in [4.69, 9.17) is 5.26 Å². The molecule has 1 heterocycles. The molecule has 0 unspecified atom stereocenters. The van der Waals surface area contributed by atoms with Crippen LogP contribution in [0.5, 0.6) is 0 Å². The minimum absolute atomic E-state index is 0.0506. The number of rotatable bonds is 3. The molecule has 2 aromatic carbocycles. The average Bonchev–Trinajstić information content (AvgIpc) is 2.81. The Labute approximate surface area is 146 Å². The van der Waals surface area contributed by atoms with Gasteiger partial charge < -0.3 is 10.2 Å². The molecule has 0 bridgehead atoms. The molecular formula is C20H19N3O2. The number of carbonyl (C=O) groups is 2. The molecule has 0 radical (unpaired) electrons. The summed E-state index contributed by atoms with van der Waals surface area (Å²) in [4.78, 5) is 26.8. The molecule has 25 heavy (non-hydrogen) atoms. The van der Waals surface area contributed by atoms with Crippen LogP contribution in [0.3, 0.4) is 0 Å². The Kier molecular flexibility index (Phi) is 4.05. The van der Waals surface area contributed by atoms with E-state index >= 15 is 0 Å². The Morgan fingerprint density at radius 3 is 2.48 bits per heavy atom. The van der Waals surface area contributed by atoms with Crippen molar-refractivity contribution in [1.29, 1.82) is 5.26 Å². The van der Waals surface area contributed by atoms with Crippen molar-refractivity contribution in [2.75, 3.05) is 16.8 Å². The minimum Gasteiger partial charge on any atom is -0.322 e. The van der Waals surface area contributed by atoms with Gasteiger partial charge in [-0.3, -0.25) is 9.59 Å². The second-order valence-electron chi connectivity index (χ2n) is 6.55. The summed E-state index contributed by atoms with van der Waals surface area (Å²) in [6, 6.07) is 14.1. The Hall–Kier alpha value is -3.13. The van der Waals surface area contributed by atoms with Crippen LogP contribution in [0.4, 0.5) is 11.4 Å². The predicted molar refractivity (Wildman–Crippen MR) is 96.6 cm³/mol. The largest absolute Gasteiger partial charge is 0.322 e. The van der Waals surface area contributed by atoms with Gasteiger partial charge in [-0.25, -0.2) is 0 Å². The highest BCUT2D eigenvalue weighted by Crippen LogP contribution is 2.41. The number of nitrogens with zero attached hydrogens (tertiary/aromatic N) is 2. The maximum absolute atomic E-state index is 12.5. The first-order chi connectivity index (χ1) is 11.9. The van der Waals surface area contributed by atoms with Crippen LogP contribution in [0.1, 0.15) is 42.3 Å². The van der Waals surface area contributed by atoms with E-state index in [9.17, 15) is 9.59 Å². The summed E-state index contributed by atoms with van der Waals surface area (Å²) in [5.74, 6) is -0.199. The Bertz CT molecular complexity index is 892. The van der Waals surface area contributed by atoms with E-state index < -0.39 is 5.41 Å². The molecule has 2 aromatic rings. The lowest BCUT2D eigenvalue weighted by molar-refractivity contribution is -0.122. The predicted octanol–water partition coefficient (Wildman–Crippen LogP) is 3.45. The van der Waals surface area contributed by atoms with E-state index in [-0.39, 0.29) is 11.8 Å². The first-order valence-electron chi connectivity index (χ1n) is 8.16. The summed E-state index contributed by atoms with van der Waals surface area (Å²) in [5, 5.41) is 11.6. The van der Waals surface area contributed by atoms with Gasteiger partial charge in [0.15, 0.2) is 0 Å². The second-order valence-corrected chi connectivity index (χ2v) is 6.55. The highest BCUT2D eigenvalue weighted by molar-refractivity contribution is 6.10. The van der Waals surface area contributed by atoms with Crippen LogP contribution in [0.2, 0.25) is 0 Å². The summed E-state index contributed by atoms with van der Waals surface area (Å²) in [6.07, 6.45) is 0. The van der Waals surface area contributed by atoms with E-state index in [1.807, 2.05) is 32.9 Å². The molecule has 5 nitrogen and oxygen atoms in total. The third-order valence-electron chi connectivity index (χ3n) is 4.59. The number of benzene rings is 2. The summed E-state index contributed by atoms with van der Waals surface area (Å²) in [6.45, 7) is 6.29. The number of anilines is 2. The molecule has 0 aliphatic carbocycles. The van der Waals surface area contributed by atoms with Crippen molar-refractivity contribution in [2.45, 2.75) is 26.2 Å². The number of fused-ring (bicyclic) bond motifs is 1. The normalized spacial score (nSPS) is 14.8. The monoisotopic (exact) mass is 333 g/mol. The van der Waals surface area contributed by atoms with Gasteiger partial charge in [-0.2, -0.15) is 5.26 Å². The number of carbonyl (C=O) groups excluding carboxylic acids is 2. The van der Waals surface area contributed by atoms with E-state index in [2.05, 4.69) is 5.32 Å². The highest BCUT2D eigenvalue weighted by Gasteiger charge is 2.43. The smallest absolute Gasteiger partial charge is 0.255 e. The molecule has 1 aliphatic rings. The summed E-state index contributed by atoms with van der Waals surface area (Å²) in [5.41, 5.74) is 2.81. The summed E-state index contributed by atoms with van der Waals surface area (Å²) >= 11 is 0. The van der Waals surface area contributed by atoms with Crippen molar-refractivity contribution in [3.8, 4) is 6.07 Å². The number of amides is 2. The zero-order valence-corrected chi connectivity index (χ0v) is 14.5. The first kappa shape index (κ1) is 16.7. The number of nitrogens with one attached hydrogen (secondary N) is 1. The molecular weight excluding hydrogens is 314 g/mol. The van der Waals surface area contributed by atoms with Gasteiger partial charge >= 0.3 is 0 Å². The Morgan fingerprint density at radius 2 is 1.88 bits per heavy atom. The SMILES string of the molecule is CCN1C(=O)C(C)(C)c2ccc(C(=O)Nc3ccc(C#N)cc3)cc21. The second kappa shape index (κ2) is 6.06. The number of hydrogen-bond acceptors (Lipinski definition) is 3. The number of likely N-dealkylation sites (N-methyl/N-ethyl adjacent to an activating group) is 1. The van der Waals surface area contributed by atoms with E-state index in [1.165, 1.54) is 0 Å². The fourth-order valence-corrected chi connectivity index (χ4v) is 3.13. The molecule has 1 N–H and O–H groups in total. The van der Waals surface area contributed by atoms with Crippen LogP contribution in [-0.2, 0) is 10.2 Å². The van der Waals surface area contributed by atoms with Crippen molar-refractivity contribution in [2.24, 2.45) is 0 Å². The van der Waals surface area contributed by atoms with Crippen LogP contribution in [0.25, 0.3) is 0 Å². The van der Waals surface area contributed by atoms with Gasteiger partial charge in [0.25, 0.3) is 5.91 Å². The van der Waals surface area contributed by atoms with Gasteiger partial charge in [-0.1, -0.05) is 6.07 Å². The van der Waals surface area contributed by atoms with Crippen LogP contribution < -0.4 is 10.2 Å². The van der Waals surface area contributed by atoms with Crippen molar-refractivity contribution in [3.63, 3.8) is 0 Å². The van der Waals surface area contributed by atoms with Crippen molar-refractivity contribution in [3.05, 3.63) is 59.2 Å². The third kappa shape index (κ3) is 2.76. The van der Waals surface area contributed by atoms with Gasteiger partial charge in [0.05, 0.1) is 17.0 Å². The van der Waals surface area contributed by atoms with Gasteiger partial charge in [0, 0.05) is 23.5 Å². The van der Waals surface area contributed by atoms with Crippen LogP contribution >= 0.6 is 0 Å². The summed E-state index contributed by atoms with van der Waals surface area (Å²) in [7, 11) is 0. The number of hydrogen-bond donors (Lipinski definition) is 1. The first-order valence-corrected chi connectivity index (χ1v) is 8.16. The third-order valence-corrected chi connectivity index (χ3v) is 4.59. The molecule has 0 fully saturated rings. The van der Waals surface area contributed by atoms with Gasteiger partial charge in [0.2, 0.25) is 5.91 Å². The quantitative estimate of drug-likeness (QED) is 0.935. The lowest BCUT2D eigenvalue weighted by atomic mass is 9.86. The van der Waals surface area contributed by atoms with Crippen molar-refractivity contribution in [1.82, 2.24) is 0 Å². The Morgan fingerprint density at radius 1 is 1.20 bits per heavy atom. The maximum atomic E-state index is 12.5. The van der Waals surface area contributed by atoms with Gasteiger partial charge in [-0.15, -0.1) is 0 Å². The fraction of sp³-hybridized carbons (Fsp3) is 0.250. The molecule has 1 aliphatic heterocycles. The molecule has 0 spiro atoms. The zero-order valence-electron chi connectivity index (χ0n) is 14.5. The van der Waals surface area contributed by atoms with Crippen LogP contribution in [-0.4, -0.2) is 18.4 Å². The van der Waals surface area contributed by atoms with Crippen molar-refractivity contribution >= 4 is 23.2 Å².